The lowest BCUT2D eigenvalue weighted by Crippen LogP contribution is -2.38. The van der Waals surface area contributed by atoms with Crippen LogP contribution in [0, 0.1) is 11.8 Å². The molecule has 2 rings (SSSR count). The number of hydrogen-bond acceptors (Lipinski definition) is 3. The second kappa shape index (κ2) is 6.53. The largest absolute Gasteiger partial charge is 0.393 e. The first kappa shape index (κ1) is 14.5. The number of likely N-dealkylation sites (tertiary alicyclic amines) is 1. The van der Waals surface area contributed by atoms with Crippen LogP contribution in [0.15, 0.2) is 12.4 Å². The molecule has 19 heavy (non-hydrogen) atoms. The van der Waals surface area contributed by atoms with Crippen molar-refractivity contribution >= 4 is 0 Å². The van der Waals surface area contributed by atoms with E-state index in [1.807, 2.05) is 17.8 Å². The maximum Gasteiger partial charge on any atom is 0.0552 e. The fraction of sp³-hybridized carbons (Fsp3) is 0.800. The molecule has 2 atom stereocenters. The summed E-state index contributed by atoms with van der Waals surface area (Å²) in [6.45, 7) is 10.4. The van der Waals surface area contributed by atoms with Crippen LogP contribution in [0.4, 0.5) is 0 Å². The lowest BCUT2D eigenvalue weighted by molar-refractivity contribution is 0.0599. The van der Waals surface area contributed by atoms with Gasteiger partial charge in [-0.2, -0.15) is 5.10 Å². The molecule has 1 fully saturated rings. The van der Waals surface area contributed by atoms with Gasteiger partial charge in [0, 0.05) is 31.4 Å². The van der Waals surface area contributed by atoms with Crippen molar-refractivity contribution in [1.82, 2.24) is 14.7 Å². The van der Waals surface area contributed by atoms with Crippen molar-refractivity contribution in [2.45, 2.75) is 52.8 Å². The molecule has 2 heterocycles. The molecule has 0 radical (unpaired) electrons. The molecule has 4 nitrogen and oxygen atoms in total. The number of aromatic nitrogens is 2. The van der Waals surface area contributed by atoms with Gasteiger partial charge in [-0.25, -0.2) is 0 Å². The minimum absolute atomic E-state index is 0.188. The number of piperidine rings is 1. The molecule has 0 spiro atoms. The molecule has 1 N–H and O–H groups in total. The van der Waals surface area contributed by atoms with Crippen molar-refractivity contribution in [2.24, 2.45) is 11.8 Å². The smallest absolute Gasteiger partial charge is 0.0552 e. The summed E-state index contributed by atoms with van der Waals surface area (Å²) in [7, 11) is 0. The van der Waals surface area contributed by atoms with E-state index in [4.69, 9.17) is 0 Å². The van der Waals surface area contributed by atoms with E-state index >= 15 is 0 Å². The zero-order chi connectivity index (χ0) is 13.8. The van der Waals surface area contributed by atoms with Crippen molar-refractivity contribution in [1.29, 1.82) is 0 Å². The van der Waals surface area contributed by atoms with Crippen LogP contribution >= 0.6 is 0 Å². The quantitative estimate of drug-likeness (QED) is 0.887. The molecule has 1 saturated heterocycles. The van der Waals surface area contributed by atoms with Gasteiger partial charge in [-0.15, -0.1) is 0 Å². The lowest BCUT2D eigenvalue weighted by atomic mass is 9.93. The Bertz CT molecular complexity index is 386. The monoisotopic (exact) mass is 265 g/mol. The highest BCUT2D eigenvalue weighted by molar-refractivity contribution is 5.04. The lowest BCUT2D eigenvalue weighted by Gasteiger charge is -2.33. The molecule has 0 aliphatic carbocycles. The average molecular weight is 265 g/mol. The summed E-state index contributed by atoms with van der Waals surface area (Å²) < 4.78 is 2.04. The van der Waals surface area contributed by atoms with E-state index in [1.165, 1.54) is 12.0 Å². The Kier molecular flexibility index (Phi) is 4.99. The summed E-state index contributed by atoms with van der Waals surface area (Å²) >= 11 is 0. The van der Waals surface area contributed by atoms with Gasteiger partial charge >= 0.3 is 0 Å². The highest BCUT2D eigenvalue weighted by atomic mass is 16.3. The fourth-order valence-corrected chi connectivity index (χ4v) is 2.85. The number of hydrogen-bond donors (Lipinski definition) is 1. The van der Waals surface area contributed by atoms with Gasteiger partial charge in [0.15, 0.2) is 0 Å². The van der Waals surface area contributed by atoms with Crippen LogP contribution in [-0.2, 0) is 13.1 Å². The summed E-state index contributed by atoms with van der Waals surface area (Å²) in [5.74, 6) is 1.06. The molecule has 1 aromatic rings. The first-order valence-electron chi connectivity index (χ1n) is 7.46. The second-order valence-corrected chi connectivity index (χ2v) is 6.34. The third-order valence-electron chi connectivity index (χ3n) is 3.87. The number of rotatable bonds is 5. The minimum atomic E-state index is -0.188. The molecule has 1 aliphatic heterocycles. The van der Waals surface area contributed by atoms with Crippen LogP contribution in [0.25, 0.3) is 0 Å². The van der Waals surface area contributed by atoms with Gasteiger partial charge in [0.25, 0.3) is 0 Å². The van der Waals surface area contributed by atoms with Gasteiger partial charge in [-0.3, -0.25) is 9.58 Å². The Morgan fingerprint density at radius 3 is 2.89 bits per heavy atom. The van der Waals surface area contributed by atoms with Crippen molar-refractivity contribution in [2.75, 3.05) is 13.1 Å². The normalized spacial score (nSPS) is 22.9. The first-order valence-corrected chi connectivity index (χ1v) is 7.46. The Balaban J connectivity index is 1.88. The molecule has 4 heteroatoms. The predicted octanol–water partition coefficient (Wildman–Crippen LogP) is 2.13. The van der Waals surface area contributed by atoms with E-state index in [2.05, 4.69) is 30.0 Å². The molecule has 1 aliphatic rings. The van der Waals surface area contributed by atoms with Crippen molar-refractivity contribution in [3.63, 3.8) is 0 Å². The van der Waals surface area contributed by atoms with E-state index in [9.17, 15) is 5.11 Å². The molecule has 108 valence electrons. The van der Waals surface area contributed by atoms with Gasteiger partial charge < -0.3 is 5.11 Å². The molecule has 0 aromatic carbocycles. The maximum absolute atomic E-state index is 9.72. The summed E-state index contributed by atoms with van der Waals surface area (Å²) in [5, 5.41) is 14.1. The molecule has 0 unspecified atom stereocenters. The second-order valence-electron chi connectivity index (χ2n) is 6.34. The summed E-state index contributed by atoms with van der Waals surface area (Å²) in [6, 6.07) is 0. The zero-order valence-corrected chi connectivity index (χ0v) is 12.4. The fourth-order valence-electron chi connectivity index (χ4n) is 2.85. The number of aliphatic hydroxyl groups excluding tert-OH is 1. The average Bonchev–Trinajstić information content (AvgIpc) is 2.76. The van der Waals surface area contributed by atoms with E-state index in [-0.39, 0.29) is 6.10 Å². The standard InChI is InChI=1S/C15H27N3O/c1-12(2)8-18-10-14(7-16-18)9-17-6-4-5-15(11-17)13(3)19/h7,10,12-13,15,19H,4-6,8-9,11H2,1-3H3/t13-,15+/m1/s1. The third kappa shape index (κ3) is 4.32. The SMILES string of the molecule is CC(C)Cn1cc(CN2CCC[C@H]([C@@H](C)O)C2)cn1. The van der Waals surface area contributed by atoms with Crippen LogP contribution in [-0.4, -0.2) is 39.0 Å². The highest BCUT2D eigenvalue weighted by Gasteiger charge is 2.23. The number of aliphatic hydroxyl groups is 1. The van der Waals surface area contributed by atoms with Crippen LogP contribution in [0.2, 0.25) is 0 Å². The minimum Gasteiger partial charge on any atom is -0.393 e. The molecule has 0 bridgehead atoms. The highest BCUT2D eigenvalue weighted by Crippen LogP contribution is 2.21. The Labute approximate surface area is 116 Å². The molecular weight excluding hydrogens is 238 g/mol. The topological polar surface area (TPSA) is 41.3 Å². The van der Waals surface area contributed by atoms with Gasteiger partial charge in [-0.05, 0) is 38.1 Å². The van der Waals surface area contributed by atoms with Gasteiger partial charge in [0.1, 0.15) is 0 Å². The van der Waals surface area contributed by atoms with E-state index in [0.717, 1.165) is 32.6 Å². The van der Waals surface area contributed by atoms with Crippen LogP contribution in [0.5, 0.6) is 0 Å². The molecule has 0 saturated carbocycles. The van der Waals surface area contributed by atoms with Crippen LogP contribution in [0.3, 0.4) is 0 Å². The first-order chi connectivity index (χ1) is 9.04. The maximum atomic E-state index is 9.72. The molecule has 1 aromatic heterocycles. The third-order valence-corrected chi connectivity index (χ3v) is 3.87. The van der Waals surface area contributed by atoms with Gasteiger partial charge in [0.05, 0.1) is 12.3 Å². The zero-order valence-electron chi connectivity index (χ0n) is 12.4. The van der Waals surface area contributed by atoms with Crippen molar-refractivity contribution in [3.8, 4) is 0 Å². The van der Waals surface area contributed by atoms with Crippen LogP contribution < -0.4 is 0 Å². The Morgan fingerprint density at radius 2 is 2.21 bits per heavy atom. The molecule has 0 amide bonds. The Morgan fingerprint density at radius 1 is 1.42 bits per heavy atom. The predicted molar refractivity (Wildman–Crippen MR) is 76.7 cm³/mol. The Hall–Kier alpha value is -0.870. The summed E-state index contributed by atoms with van der Waals surface area (Å²) in [6.07, 6.45) is 6.29. The summed E-state index contributed by atoms with van der Waals surface area (Å²) in [4.78, 5) is 2.44. The van der Waals surface area contributed by atoms with E-state index in [1.54, 1.807) is 0 Å². The van der Waals surface area contributed by atoms with Crippen LogP contribution in [0.1, 0.15) is 39.2 Å². The molecular formula is C15H27N3O. The summed E-state index contributed by atoms with van der Waals surface area (Å²) in [5.41, 5.74) is 1.28. The van der Waals surface area contributed by atoms with E-state index in [0.29, 0.717) is 11.8 Å². The van der Waals surface area contributed by atoms with Gasteiger partial charge in [0.2, 0.25) is 0 Å². The van der Waals surface area contributed by atoms with Crippen molar-refractivity contribution in [3.05, 3.63) is 18.0 Å². The van der Waals surface area contributed by atoms with Crippen molar-refractivity contribution < 1.29 is 5.11 Å². The number of nitrogens with zero attached hydrogens (tertiary/aromatic N) is 3. The van der Waals surface area contributed by atoms with Gasteiger partial charge in [-0.1, -0.05) is 13.8 Å². The van der Waals surface area contributed by atoms with E-state index < -0.39 is 0 Å².